The van der Waals surface area contributed by atoms with Crippen LogP contribution in [0.1, 0.15) is 17.2 Å². The number of allylic oxidation sites excluding steroid dienone is 1. The summed E-state index contributed by atoms with van der Waals surface area (Å²) in [6, 6.07) is 13.1. The highest BCUT2D eigenvalue weighted by Gasteiger charge is 2.33. The molecule has 1 N–H and O–H groups in total. The molecule has 1 fully saturated rings. The lowest BCUT2D eigenvalue weighted by atomic mass is 10.0. The molecule has 2 aromatic rings. The van der Waals surface area contributed by atoms with Crippen LogP contribution in [0.4, 0.5) is 4.79 Å². The number of amides is 1. The van der Waals surface area contributed by atoms with Crippen LogP contribution in [0.15, 0.2) is 84.8 Å². The summed E-state index contributed by atoms with van der Waals surface area (Å²) in [4.78, 5) is 20.0. The minimum Gasteiger partial charge on any atom is -0.439 e. The number of aromatic nitrogens is 1. The molecule has 120 valence electrons. The number of hydrogen-bond donors (Lipinski definition) is 1. The molecule has 1 aromatic heterocycles. The molecule has 1 aromatic carbocycles. The van der Waals surface area contributed by atoms with Crippen molar-refractivity contribution in [3.05, 3.63) is 90.9 Å². The molecule has 2 heterocycles. The lowest BCUT2D eigenvalue weighted by Gasteiger charge is -2.14. The molecule has 3 rings (SSSR count). The predicted octanol–water partition coefficient (Wildman–Crippen LogP) is 3.42. The Labute approximate surface area is 140 Å². The normalized spacial score (nSPS) is 20.7. The third-order valence-corrected chi connectivity index (χ3v) is 3.62. The van der Waals surface area contributed by atoms with Gasteiger partial charge in [0.2, 0.25) is 0 Å². The summed E-state index contributed by atoms with van der Waals surface area (Å²) in [7, 11) is 0. The van der Waals surface area contributed by atoms with Crippen molar-refractivity contribution in [1.82, 2.24) is 10.3 Å². The molecule has 0 saturated carbocycles. The third-order valence-electron chi connectivity index (χ3n) is 3.62. The highest BCUT2D eigenvalue weighted by atomic mass is 16.6. The Hall–Kier alpha value is -3.21. The summed E-state index contributed by atoms with van der Waals surface area (Å²) in [6.07, 6.45) is 7.83. The molecule has 1 aliphatic rings. The lowest BCUT2D eigenvalue weighted by molar-refractivity contribution is 0.136. The van der Waals surface area contributed by atoms with Gasteiger partial charge in [0.25, 0.3) is 0 Å². The smallest absolute Gasteiger partial charge is 0.408 e. The first-order valence-corrected chi connectivity index (χ1v) is 7.57. The molecule has 24 heavy (non-hydrogen) atoms. The summed E-state index contributed by atoms with van der Waals surface area (Å²) in [5.41, 5.74) is 2.52. The monoisotopic (exact) mass is 319 g/mol. The average Bonchev–Trinajstić information content (AvgIpc) is 3.01. The van der Waals surface area contributed by atoms with Gasteiger partial charge in [-0.05, 0) is 23.8 Å². The highest BCUT2D eigenvalue weighted by molar-refractivity contribution is 6.08. The maximum absolute atomic E-state index is 11.7. The number of hydrogen-bond acceptors (Lipinski definition) is 4. The van der Waals surface area contributed by atoms with Crippen molar-refractivity contribution in [3.63, 3.8) is 0 Å². The van der Waals surface area contributed by atoms with Gasteiger partial charge in [0.05, 0.1) is 11.8 Å². The molecule has 1 saturated heterocycles. The van der Waals surface area contributed by atoms with E-state index in [1.54, 1.807) is 12.4 Å². The molecule has 0 unspecified atom stereocenters. The summed E-state index contributed by atoms with van der Waals surface area (Å²) < 4.78 is 5.38. The number of carbonyl (C=O) groups is 1. The lowest BCUT2D eigenvalue weighted by Crippen LogP contribution is -2.25. The van der Waals surface area contributed by atoms with Crippen LogP contribution in [0.25, 0.3) is 0 Å². The predicted molar refractivity (Wildman–Crippen MR) is 92.7 cm³/mol. The van der Waals surface area contributed by atoms with Crippen LogP contribution < -0.4 is 5.32 Å². The minimum atomic E-state index is -0.429. The third kappa shape index (κ3) is 3.57. The fourth-order valence-electron chi connectivity index (χ4n) is 2.52. The number of benzene rings is 1. The number of pyridine rings is 1. The molecule has 5 heteroatoms. The molecule has 5 nitrogen and oxygen atoms in total. The maximum Gasteiger partial charge on any atom is 0.408 e. The Kier molecular flexibility index (Phi) is 4.81. The fraction of sp³-hybridized carbons (Fsp3) is 0.105. The zero-order valence-corrected chi connectivity index (χ0v) is 13.0. The Balaban J connectivity index is 1.84. The number of nitrogens with one attached hydrogen (secondary N) is 1. The van der Waals surface area contributed by atoms with Crippen LogP contribution in [0.2, 0.25) is 0 Å². The van der Waals surface area contributed by atoms with Gasteiger partial charge >= 0.3 is 6.09 Å². The average molecular weight is 319 g/mol. The quantitative estimate of drug-likeness (QED) is 0.859. The van der Waals surface area contributed by atoms with Gasteiger partial charge in [-0.1, -0.05) is 43.0 Å². The summed E-state index contributed by atoms with van der Waals surface area (Å²) >= 11 is 0. The number of alkyl carbamates (subject to hydrolysis) is 1. The molecule has 0 radical (unpaired) electrons. The van der Waals surface area contributed by atoms with E-state index in [-0.39, 0.29) is 12.1 Å². The number of ether oxygens (including phenoxy) is 1. The molecule has 1 aliphatic heterocycles. The van der Waals surface area contributed by atoms with E-state index in [2.05, 4.69) is 21.9 Å². The van der Waals surface area contributed by atoms with Gasteiger partial charge in [-0.25, -0.2) is 4.79 Å². The molecule has 0 bridgehead atoms. The largest absolute Gasteiger partial charge is 0.439 e. The van der Waals surface area contributed by atoms with Gasteiger partial charge in [0.1, 0.15) is 0 Å². The van der Waals surface area contributed by atoms with Crippen molar-refractivity contribution in [1.29, 1.82) is 0 Å². The summed E-state index contributed by atoms with van der Waals surface area (Å²) in [6.45, 7) is 3.64. The zero-order chi connectivity index (χ0) is 16.8. The van der Waals surface area contributed by atoms with Gasteiger partial charge in [-0.3, -0.25) is 9.98 Å². The Bertz CT molecular complexity index is 770. The van der Waals surface area contributed by atoms with E-state index in [0.717, 1.165) is 11.1 Å². The number of carbonyl (C=O) groups excluding carboxylic acids is 1. The van der Waals surface area contributed by atoms with Gasteiger partial charge < -0.3 is 10.1 Å². The zero-order valence-electron chi connectivity index (χ0n) is 13.0. The Morgan fingerprint density at radius 1 is 1.25 bits per heavy atom. The second-order valence-corrected chi connectivity index (χ2v) is 5.20. The molecule has 0 aliphatic carbocycles. The van der Waals surface area contributed by atoms with Gasteiger partial charge in [0.15, 0.2) is 6.10 Å². The molecule has 2 atom stereocenters. The SMILES string of the molecule is C=C/N=C(\C=C\[C@H]1NC(=O)O[C@@H]1c1ccccc1)c1cccnc1. The fourth-order valence-corrected chi connectivity index (χ4v) is 2.52. The van der Waals surface area contributed by atoms with E-state index in [1.807, 2.05) is 54.6 Å². The second-order valence-electron chi connectivity index (χ2n) is 5.20. The van der Waals surface area contributed by atoms with Crippen molar-refractivity contribution in [2.45, 2.75) is 12.1 Å². The van der Waals surface area contributed by atoms with E-state index in [0.29, 0.717) is 5.71 Å². The summed E-state index contributed by atoms with van der Waals surface area (Å²) in [5.74, 6) is 0. The van der Waals surface area contributed by atoms with Gasteiger partial charge in [0, 0.05) is 24.2 Å². The first-order chi connectivity index (χ1) is 11.8. The van der Waals surface area contributed by atoms with Crippen LogP contribution in [0.5, 0.6) is 0 Å². The second kappa shape index (κ2) is 7.37. The van der Waals surface area contributed by atoms with Gasteiger partial charge in [-0.2, -0.15) is 0 Å². The standard InChI is InChI=1S/C19H17N3O2/c1-2-21-16(15-9-6-12-20-13-15)10-11-17-18(24-19(23)22-17)14-7-4-3-5-8-14/h2-13,17-18H,1H2,(H,22,23)/b11-10+,21-16+/t17-,18-/m1/s1. The van der Waals surface area contributed by atoms with Crippen molar-refractivity contribution in [2.75, 3.05) is 0 Å². The minimum absolute atomic E-state index is 0.272. The van der Waals surface area contributed by atoms with Crippen LogP contribution in [0.3, 0.4) is 0 Å². The first-order valence-electron chi connectivity index (χ1n) is 7.57. The number of nitrogens with zero attached hydrogens (tertiary/aromatic N) is 2. The van der Waals surface area contributed by atoms with E-state index >= 15 is 0 Å². The molecular weight excluding hydrogens is 302 g/mol. The van der Waals surface area contributed by atoms with Crippen LogP contribution in [0, 0.1) is 0 Å². The maximum atomic E-state index is 11.7. The van der Waals surface area contributed by atoms with E-state index in [1.165, 1.54) is 6.20 Å². The first kappa shape index (κ1) is 15.7. The Morgan fingerprint density at radius 2 is 2.08 bits per heavy atom. The highest BCUT2D eigenvalue weighted by Crippen LogP contribution is 2.27. The van der Waals surface area contributed by atoms with Crippen molar-refractivity contribution >= 4 is 11.8 Å². The summed E-state index contributed by atoms with van der Waals surface area (Å²) in [5, 5.41) is 2.81. The van der Waals surface area contributed by atoms with Crippen LogP contribution >= 0.6 is 0 Å². The molecular formula is C19H17N3O2. The molecule has 0 spiro atoms. The number of cyclic esters (lactones) is 1. The van der Waals surface area contributed by atoms with Crippen molar-refractivity contribution in [2.24, 2.45) is 4.99 Å². The number of aliphatic imine (C=N–C) groups is 1. The van der Waals surface area contributed by atoms with Crippen LogP contribution in [-0.4, -0.2) is 22.8 Å². The number of rotatable bonds is 5. The van der Waals surface area contributed by atoms with Gasteiger partial charge in [-0.15, -0.1) is 0 Å². The van der Waals surface area contributed by atoms with E-state index in [9.17, 15) is 4.79 Å². The Morgan fingerprint density at radius 3 is 2.79 bits per heavy atom. The molecule has 1 amide bonds. The van der Waals surface area contributed by atoms with E-state index in [4.69, 9.17) is 4.74 Å². The van der Waals surface area contributed by atoms with Crippen molar-refractivity contribution in [3.8, 4) is 0 Å². The topological polar surface area (TPSA) is 63.6 Å². The van der Waals surface area contributed by atoms with Crippen molar-refractivity contribution < 1.29 is 9.53 Å². The van der Waals surface area contributed by atoms with Crippen LogP contribution in [-0.2, 0) is 4.74 Å². The van der Waals surface area contributed by atoms with E-state index < -0.39 is 6.09 Å².